The summed E-state index contributed by atoms with van der Waals surface area (Å²) in [6, 6.07) is 12.5. The highest BCUT2D eigenvalue weighted by atomic mass is 19.1. The summed E-state index contributed by atoms with van der Waals surface area (Å²) >= 11 is 0. The predicted octanol–water partition coefficient (Wildman–Crippen LogP) is 4.39. The highest BCUT2D eigenvalue weighted by Gasteiger charge is 2.49. The topological polar surface area (TPSA) is 43.8 Å². The molecule has 5 heteroatoms. The van der Waals surface area contributed by atoms with Crippen LogP contribution in [0, 0.1) is 12.7 Å². The SMILES string of the molecule is Cc1cc(CN2CCC3(CCC(=O)N3c3cccc(F)c3)CC2C)ccc1O. The molecular formula is C23H27FN2O2. The van der Waals surface area contributed by atoms with Gasteiger partial charge in [-0.1, -0.05) is 18.2 Å². The Hall–Kier alpha value is -2.40. The maximum absolute atomic E-state index is 13.8. The lowest BCUT2D eigenvalue weighted by Gasteiger charge is -2.48. The zero-order valence-electron chi connectivity index (χ0n) is 16.5. The van der Waals surface area contributed by atoms with Crippen molar-refractivity contribution in [1.82, 2.24) is 4.90 Å². The zero-order chi connectivity index (χ0) is 19.9. The van der Waals surface area contributed by atoms with Crippen molar-refractivity contribution in [2.45, 2.75) is 57.7 Å². The van der Waals surface area contributed by atoms with Crippen molar-refractivity contribution in [3.63, 3.8) is 0 Å². The van der Waals surface area contributed by atoms with Crippen LogP contribution in [-0.2, 0) is 11.3 Å². The van der Waals surface area contributed by atoms with Crippen LogP contribution in [0.4, 0.5) is 10.1 Å². The molecular weight excluding hydrogens is 355 g/mol. The predicted molar refractivity (Wildman–Crippen MR) is 108 cm³/mol. The van der Waals surface area contributed by atoms with E-state index in [2.05, 4.69) is 11.8 Å². The maximum atomic E-state index is 13.8. The largest absolute Gasteiger partial charge is 0.508 e. The summed E-state index contributed by atoms with van der Waals surface area (Å²) < 4.78 is 13.8. The first-order chi connectivity index (χ1) is 13.4. The van der Waals surface area contributed by atoms with Crippen molar-refractivity contribution < 1.29 is 14.3 Å². The third-order valence-electron chi connectivity index (χ3n) is 6.40. The first-order valence-corrected chi connectivity index (χ1v) is 9.99. The molecule has 1 spiro atoms. The second-order valence-corrected chi connectivity index (χ2v) is 8.33. The van der Waals surface area contributed by atoms with Gasteiger partial charge >= 0.3 is 0 Å². The van der Waals surface area contributed by atoms with E-state index < -0.39 is 0 Å². The summed E-state index contributed by atoms with van der Waals surface area (Å²) in [6.07, 6.45) is 3.13. The van der Waals surface area contributed by atoms with Crippen molar-refractivity contribution >= 4 is 11.6 Å². The molecule has 2 atom stereocenters. The Balaban J connectivity index is 1.53. The number of aryl methyl sites for hydroxylation is 1. The van der Waals surface area contributed by atoms with Crippen LogP contribution in [0.15, 0.2) is 42.5 Å². The molecule has 0 radical (unpaired) electrons. The number of anilines is 1. The summed E-state index contributed by atoms with van der Waals surface area (Å²) in [5.41, 5.74) is 2.53. The van der Waals surface area contributed by atoms with Crippen LogP contribution < -0.4 is 4.90 Å². The molecule has 2 fully saturated rings. The molecule has 4 nitrogen and oxygen atoms in total. The van der Waals surface area contributed by atoms with Gasteiger partial charge in [0.2, 0.25) is 5.91 Å². The van der Waals surface area contributed by atoms with E-state index in [0.29, 0.717) is 23.9 Å². The Morgan fingerprint density at radius 1 is 1.21 bits per heavy atom. The van der Waals surface area contributed by atoms with Crippen molar-refractivity contribution in [2.75, 3.05) is 11.4 Å². The number of likely N-dealkylation sites (tertiary alicyclic amines) is 1. The number of piperidine rings is 1. The summed E-state index contributed by atoms with van der Waals surface area (Å²) in [6.45, 7) is 5.83. The fraction of sp³-hybridized carbons (Fsp3) is 0.435. The molecule has 0 aliphatic carbocycles. The second-order valence-electron chi connectivity index (χ2n) is 8.33. The Kier molecular flexibility index (Phi) is 4.88. The van der Waals surface area contributed by atoms with Gasteiger partial charge in [-0.05, 0) is 68.5 Å². The first-order valence-electron chi connectivity index (χ1n) is 9.99. The molecule has 2 heterocycles. The van der Waals surface area contributed by atoms with Crippen molar-refractivity contribution in [2.24, 2.45) is 0 Å². The normalized spacial score (nSPS) is 25.6. The van der Waals surface area contributed by atoms with Crippen LogP contribution in [0.3, 0.4) is 0 Å². The minimum atomic E-state index is -0.305. The molecule has 2 aliphatic heterocycles. The van der Waals surface area contributed by atoms with Gasteiger partial charge in [0.25, 0.3) is 0 Å². The summed E-state index contributed by atoms with van der Waals surface area (Å²) in [7, 11) is 0. The molecule has 0 saturated carbocycles. The van der Waals surface area contributed by atoms with Crippen LogP contribution >= 0.6 is 0 Å². The fourth-order valence-corrected chi connectivity index (χ4v) is 4.93. The van der Waals surface area contributed by atoms with Gasteiger partial charge in [-0.2, -0.15) is 0 Å². The number of nitrogens with zero attached hydrogens (tertiary/aromatic N) is 2. The van der Waals surface area contributed by atoms with Gasteiger partial charge in [0.15, 0.2) is 0 Å². The molecule has 28 heavy (non-hydrogen) atoms. The van der Waals surface area contributed by atoms with E-state index in [1.165, 1.54) is 17.7 Å². The number of benzene rings is 2. The van der Waals surface area contributed by atoms with Crippen molar-refractivity contribution in [3.8, 4) is 5.75 Å². The number of carbonyl (C=O) groups excluding carboxylic acids is 1. The molecule has 2 saturated heterocycles. The number of halogens is 1. The van der Waals surface area contributed by atoms with Gasteiger partial charge in [0, 0.05) is 31.2 Å². The van der Waals surface area contributed by atoms with Gasteiger partial charge in [0.1, 0.15) is 11.6 Å². The molecule has 2 aromatic carbocycles. The molecule has 1 amide bonds. The van der Waals surface area contributed by atoms with Crippen LogP contribution in [0.25, 0.3) is 0 Å². The molecule has 1 N–H and O–H groups in total. The van der Waals surface area contributed by atoms with E-state index in [-0.39, 0.29) is 17.3 Å². The second kappa shape index (κ2) is 7.21. The third kappa shape index (κ3) is 3.39. The van der Waals surface area contributed by atoms with Gasteiger partial charge in [-0.3, -0.25) is 9.69 Å². The van der Waals surface area contributed by atoms with Gasteiger partial charge < -0.3 is 10.0 Å². The minimum absolute atomic E-state index is 0.0976. The molecule has 0 aromatic heterocycles. The fourth-order valence-electron chi connectivity index (χ4n) is 4.93. The first kappa shape index (κ1) is 18.9. The maximum Gasteiger partial charge on any atom is 0.227 e. The lowest BCUT2D eigenvalue weighted by molar-refractivity contribution is -0.117. The van der Waals surface area contributed by atoms with Gasteiger partial charge in [0.05, 0.1) is 5.54 Å². The molecule has 4 rings (SSSR count). The van der Waals surface area contributed by atoms with Gasteiger partial charge in [-0.25, -0.2) is 4.39 Å². The van der Waals surface area contributed by atoms with Crippen LogP contribution in [0.5, 0.6) is 5.75 Å². The quantitative estimate of drug-likeness (QED) is 0.856. The van der Waals surface area contributed by atoms with E-state index >= 15 is 0 Å². The minimum Gasteiger partial charge on any atom is -0.508 e. The van der Waals surface area contributed by atoms with E-state index in [0.717, 1.165) is 37.9 Å². The van der Waals surface area contributed by atoms with Crippen LogP contribution in [0.2, 0.25) is 0 Å². The van der Waals surface area contributed by atoms with Crippen LogP contribution in [0.1, 0.15) is 43.7 Å². The van der Waals surface area contributed by atoms with Crippen molar-refractivity contribution in [1.29, 1.82) is 0 Å². The van der Waals surface area contributed by atoms with E-state index in [4.69, 9.17) is 0 Å². The molecule has 2 aromatic rings. The Bertz CT molecular complexity index is 900. The van der Waals surface area contributed by atoms with E-state index in [1.807, 2.05) is 30.0 Å². The Morgan fingerprint density at radius 2 is 2.04 bits per heavy atom. The number of hydrogen-bond donors (Lipinski definition) is 1. The number of hydrogen-bond acceptors (Lipinski definition) is 3. The zero-order valence-corrected chi connectivity index (χ0v) is 16.5. The number of amides is 1. The monoisotopic (exact) mass is 382 g/mol. The van der Waals surface area contributed by atoms with Crippen LogP contribution in [-0.4, -0.2) is 34.0 Å². The Morgan fingerprint density at radius 3 is 2.75 bits per heavy atom. The van der Waals surface area contributed by atoms with E-state index in [9.17, 15) is 14.3 Å². The number of phenols is 1. The molecule has 0 bridgehead atoms. The van der Waals surface area contributed by atoms with E-state index in [1.54, 1.807) is 12.1 Å². The third-order valence-corrected chi connectivity index (χ3v) is 6.40. The summed E-state index contributed by atoms with van der Waals surface area (Å²) in [4.78, 5) is 17.0. The van der Waals surface area contributed by atoms with Crippen molar-refractivity contribution in [3.05, 3.63) is 59.4 Å². The van der Waals surface area contributed by atoms with Gasteiger partial charge in [-0.15, -0.1) is 0 Å². The highest BCUT2D eigenvalue weighted by Crippen LogP contribution is 2.44. The molecule has 2 unspecified atom stereocenters. The standard InChI is InChI=1S/C23H27FN2O2/c1-16-12-18(6-7-21(16)27)15-25-11-10-23(14-17(25)2)9-8-22(28)26(23)20-5-3-4-19(24)13-20/h3-7,12-13,17,27H,8-11,14-15H2,1-2H3. The lowest BCUT2D eigenvalue weighted by atomic mass is 9.81. The highest BCUT2D eigenvalue weighted by molar-refractivity contribution is 5.97. The smallest absolute Gasteiger partial charge is 0.227 e. The average Bonchev–Trinajstić information content (AvgIpc) is 2.96. The summed E-state index contributed by atoms with van der Waals surface area (Å²) in [5.74, 6) is 0.116. The lowest BCUT2D eigenvalue weighted by Crippen LogP contribution is -2.56. The summed E-state index contributed by atoms with van der Waals surface area (Å²) in [5, 5.41) is 9.74. The number of carbonyl (C=O) groups is 1. The number of phenolic OH excluding ortho intramolecular Hbond substituents is 1. The Labute approximate surface area is 165 Å². The average molecular weight is 382 g/mol. The number of aromatic hydroxyl groups is 1. The number of rotatable bonds is 3. The molecule has 148 valence electrons. The molecule has 2 aliphatic rings.